The molecule has 0 unspecified atom stereocenters. The van der Waals surface area contributed by atoms with Crippen molar-refractivity contribution in [2.45, 2.75) is 13.5 Å². The molecule has 0 aromatic carbocycles. The van der Waals surface area contributed by atoms with Crippen LogP contribution < -0.4 is 10.6 Å². The average Bonchev–Trinajstić information content (AvgIpc) is 3.01. The highest BCUT2D eigenvalue weighted by Gasteiger charge is 2.18. The lowest BCUT2D eigenvalue weighted by Gasteiger charge is -2.11. The Bertz CT molecular complexity index is 923. The summed E-state index contributed by atoms with van der Waals surface area (Å²) in [7, 11) is 3.56. The van der Waals surface area contributed by atoms with Gasteiger partial charge in [-0.2, -0.15) is 20.1 Å². The molecule has 3 aromatic heterocycles. The lowest BCUT2D eigenvalue weighted by Crippen LogP contribution is -2.17. The minimum atomic E-state index is -0.532. The van der Waals surface area contributed by atoms with Crippen molar-refractivity contribution in [2.24, 2.45) is 0 Å². The van der Waals surface area contributed by atoms with Gasteiger partial charge in [0.05, 0.1) is 11.9 Å². The molecule has 0 bridgehead atoms. The smallest absolute Gasteiger partial charge is 0.342 e. The average molecular weight is 354 g/mol. The second-order valence-corrected chi connectivity index (χ2v) is 5.62. The number of hydrogen-bond donors (Lipinski definition) is 1. The molecule has 0 radical (unpaired) electrons. The molecule has 0 fully saturated rings. The molecular formula is C16H18N8O2. The number of pyridine rings is 1. The third kappa shape index (κ3) is 3.58. The van der Waals surface area contributed by atoms with Crippen LogP contribution in [0.3, 0.4) is 0 Å². The van der Waals surface area contributed by atoms with Crippen molar-refractivity contribution in [3.8, 4) is 5.82 Å². The number of aromatic nitrogens is 6. The number of anilines is 2. The van der Waals surface area contributed by atoms with Crippen molar-refractivity contribution in [1.29, 1.82) is 0 Å². The van der Waals surface area contributed by atoms with E-state index in [4.69, 9.17) is 10.5 Å². The first-order valence-electron chi connectivity index (χ1n) is 7.76. The second kappa shape index (κ2) is 7.13. The maximum absolute atomic E-state index is 12.4. The molecule has 0 amide bonds. The van der Waals surface area contributed by atoms with Crippen molar-refractivity contribution < 1.29 is 9.53 Å². The molecule has 134 valence electrons. The Morgan fingerprint density at radius 2 is 2.08 bits per heavy atom. The van der Waals surface area contributed by atoms with E-state index >= 15 is 0 Å². The standard InChI is InChI=1S/C16H18N8O2/c1-10-11(8-19-24(10)13-6-4-5-7-18-13)14(25)26-9-12-20-15(17)22-16(21-12)23(2)3/h4-8H,9H2,1-3H3,(H2,17,20,21,22). The SMILES string of the molecule is Cc1c(C(=O)OCc2nc(N)nc(N(C)C)n2)cnn1-c1ccccn1. The van der Waals surface area contributed by atoms with Gasteiger partial charge >= 0.3 is 5.97 Å². The van der Waals surface area contributed by atoms with Crippen LogP contribution in [0, 0.1) is 6.92 Å². The van der Waals surface area contributed by atoms with Crippen molar-refractivity contribution in [1.82, 2.24) is 29.7 Å². The van der Waals surface area contributed by atoms with E-state index in [1.165, 1.54) is 6.20 Å². The summed E-state index contributed by atoms with van der Waals surface area (Å²) in [5, 5.41) is 4.20. The van der Waals surface area contributed by atoms with E-state index < -0.39 is 5.97 Å². The van der Waals surface area contributed by atoms with E-state index in [1.807, 2.05) is 6.07 Å². The van der Waals surface area contributed by atoms with Crippen molar-refractivity contribution in [2.75, 3.05) is 24.7 Å². The van der Waals surface area contributed by atoms with Crippen LogP contribution in [0.2, 0.25) is 0 Å². The highest BCUT2D eigenvalue weighted by atomic mass is 16.5. The van der Waals surface area contributed by atoms with E-state index in [-0.39, 0.29) is 18.4 Å². The first-order valence-corrected chi connectivity index (χ1v) is 7.76. The molecule has 0 atom stereocenters. The zero-order valence-electron chi connectivity index (χ0n) is 14.6. The first kappa shape index (κ1) is 17.3. The summed E-state index contributed by atoms with van der Waals surface area (Å²) in [5.41, 5.74) is 6.62. The molecule has 0 saturated heterocycles. The lowest BCUT2D eigenvalue weighted by molar-refractivity contribution is 0.0461. The third-order valence-electron chi connectivity index (χ3n) is 3.52. The van der Waals surface area contributed by atoms with E-state index in [0.29, 0.717) is 23.0 Å². The molecule has 0 aliphatic carbocycles. The molecule has 3 heterocycles. The quantitative estimate of drug-likeness (QED) is 0.661. The normalized spacial score (nSPS) is 10.6. The fraction of sp³-hybridized carbons (Fsp3) is 0.250. The van der Waals surface area contributed by atoms with Crippen LogP contribution >= 0.6 is 0 Å². The first-order chi connectivity index (χ1) is 12.5. The molecule has 26 heavy (non-hydrogen) atoms. The molecule has 10 heteroatoms. The Labute approximate surface area is 149 Å². The number of rotatable bonds is 5. The van der Waals surface area contributed by atoms with Gasteiger partial charge in [-0.3, -0.25) is 0 Å². The minimum absolute atomic E-state index is 0.0638. The summed E-state index contributed by atoms with van der Waals surface area (Å²) < 4.78 is 6.87. The Morgan fingerprint density at radius 3 is 2.77 bits per heavy atom. The van der Waals surface area contributed by atoms with Gasteiger partial charge < -0.3 is 15.4 Å². The van der Waals surface area contributed by atoms with Gasteiger partial charge in [0.1, 0.15) is 5.56 Å². The van der Waals surface area contributed by atoms with E-state index in [0.717, 1.165) is 0 Å². The van der Waals surface area contributed by atoms with Crippen molar-refractivity contribution >= 4 is 17.9 Å². The van der Waals surface area contributed by atoms with Crippen LogP contribution in [-0.2, 0) is 11.3 Å². The minimum Gasteiger partial charge on any atom is -0.454 e. The highest BCUT2D eigenvalue weighted by Crippen LogP contribution is 2.14. The van der Waals surface area contributed by atoms with Gasteiger partial charge in [0.15, 0.2) is 18.2 Å². The van der Waals surface area contributed by atoms with Crippen LogP contribution in [0.1, 0.15) is 21.9 Å². The Morgan fingerprint density at radius 1 is 1.27 bits per heavy atom. The number of nitrogen functional groups attached to an aromatic ring is 1. The fourth-order valence-corrected chi connectivity index (χ4v) is 2.22. The van der Waals surface area contributed by atoms with Crippen LogP contribution in [0.25, 0.3) is 5.82 Å². The number of esters is 1. The van der Waals surface area contributed by atoms with E-state index in [2.05, 4.69) is 25.0 Å². The van der Waals surface area contributed by atoms with Crippen molar-refractivity contribution in [3.63, 3.8) is 0 Å². The summed E-state index contributed by atoms with van der Waals surface area (Å²) >= 11 is 0. The summed E-state index contributed by atoms with van der Waals surface area (Å²) in [6.45, 7) is 1.64. The van der Waals surface area contributed by atoms with Crippen LogP contribution in [0.5, 0.6) is 0 Å². The number of nitrogens with zero attached hydrogens (tertiary/aromatic N) is 7. The van der Waals surface area contributed by atoms with Gasteiger partial charge in [0.25, 0.3) is 0 Å². The topological polar surface area (TPSA) is 125 Å². The van der Waals surface area contributed by atoms with E-state index in [9.17, 15) is 4.79 Å². The van der Waals surface area contributed by atoms with Crippen molar-refractivity contribution in [3.05, 3.63) is 47.7 Å². The number of hydrogen-bond acceptors (Lipinski definition) is 9. The fourth-order valence-electron chi connectivity index (χ4n) is 2.22. The largest absolute Gasteiger partial charge is 0.454 e. The molecule has 0 spiro atoms. The number of nitrogens with two attached hydrogens (primary N) is 1. The molecular weight excluding hydrogens is 336 g/mol. The van der Waals surface area contributed by atoms with Gasteiger partial charge in [-0.25, -0.2) is 14.5 Å². The molecule has 3 aromatic rings. The van der Waals surface area contributed by atoms with Crippen LogP contribution in [0.4, 0.5) is 11.9 Å². The molecule has 0 aliphatic rings. The van der Waals surface area contributed by atoms with Gasteiger partial charge in [0, 0.05) is 20.3 Å². The van der Waals surface area contributed by atoms with Crippen LogP contribution in [0.15, 0.2) is 30.6 Å². The summed E-state index contributed by atoms with van der Waals surface area (Å²) in [6.07, 6.45) is 3.10. The summed E-state index contributed by atoms with van der Waals surface area (Å²) in [4.78, 5) is 30.4. The third-order valence-corrected chi connectivity index (χ3v) is 3.52. The molecule has 0 saturated carbocycles. The number of carbonyl (C=O) groups excluding carboxylic acids is 1. The molecule has 2 N–H and O–H groups in total. The monoisotopic (exact) mass is 354 g/mol. The summed E-state index contributed by atoms with van der Waals surface area (Å²) in [5.74, 6) is 0.806. The predicted molar refractivity (Wildman–Crippen MR) is 93.8 cm³/mol. The maximum Gasteiger partial charge on any atom is 0.342 e. The maximum atomic E-state index is 12.4. The lowest BCUT2D eigenvalue weighted by atomic mass is 10.2. The predicted octanol–water partition coefficient (Wildman–Crippen LogP) is 0.766. The Hall–Kier alpha value is -3.56. The zero-order valence-corrected chi connectivity index (χ0v) is 14.6. The summed E-state index contributed by atoms with van der Waals surface area (Å²) in [6, 6.07) is 5.44. The van der Waals surface area contributed by atoms with E-state index in [1.54, 1.807) is 48.9 Å². The molecule has 10 nitrogen and oxygen atoms in total. The Kier molecular flexibility index (Phi) is 4.74. The van der Waals surface area contributed by atoms with Gasteiger partial charge in [-0.1, -0.05) is 6.07 Å². The van der Waals surface area contributed by atoms with Crippen LogP contribution in [-0.4, -0.2) is 49.8 Å². The highest BCUT2D eigenvalue weighted by molar-refractivity contribution is 5.90. The molecule has 3 rings (SSSR count). The van der Waals surface area contributed by atoms with Gasteiger partial charge in [0.2, 0.25) is 11.9 Å². The molecule has 0 aliphatic heterocycles. The number of carbonyl (C=O) groups is 1. The van der Waals surface area contributed by atoms with Gasteiger partial charge in [-0.05, 0) is 19.1 Å². The Balaban J connectivity index is 1.75. The van der Waals surface area contributed by atoms with Gasteiger partial charge in [-0.15, -0.1) is 0 Å². The number of ether oxygens (including phenoxy) is 1. The second-order valence-electron chi connectivity index (χ2n) is 5.62. The zero-order chi connectivity index (χ0) is 18.7.